The highest BCUT2D eigenvalue weighted by Crippen LogP contribution is 2.31. The Hall–Kier alpha value is -3.16. The maximum absolute atomic E-state index is 13.1. The third-order valence-corrected chi connectivity index (χ3v) is 6.21. The van der Waals surface area contributed by atoms with Crippen LogP contribution in [-0.2, 0) is 6.42 Å². The Morgan fingerprint density at radius 1 is 1.06 bits per heavy atom. The number of aryl methyl sites for hydroxylation is 1. The summed E-state index contributed by atoms with van der Waals surface area (Å²) in [5, 5.41) is 11.0. The molecule has 0 bridgehead atoms. The van der Waals surface area contributed by atoms with Crippen molar-refractivity contribution in [2.75, 3.05) is 31.1 Å². The van der Waals surface area contributed by atoms with E-state index >= 15 is 0 Å². The molecule has 2 aromatic rings. The van der Waals surface area contributed by atoms with E-state index in [-0.39, 0.29) is 17.4 Å². The van der Waals surface area contributed by atoms with Gasteiger partial charge in [-0.1, -0.05) is 19.3 Å². The zero-order chi connectivity index (χ0) is 22.5. The first kappa shape index (κ1) is 22.0. The van der Waals surface area contributed by atoms with Crippen molar-refractivity contribution in [2.45, 2.75) is 51.9 Å². The molecule has 2 N–H and O–H groups in total. The first-order valence-corrected chi connectivity index (χ1v) is 11.7. The number of nitrogens with zero attached hydrogens (tertiary/aromatic N) is 4. The van der Waals surface area contributed by atoms with Gasteiger partial charge in [-0.3, -0.25) is 14.8 Å². The molecular formula is C24H32N6O2. The Labute approximate surface area is 188 Å². The number of nitrogens with one attached hydrogen (secondary N) is 2. The average Bonchev–Trinajstić information content (AvgIpc) is 2.77. The molecule has 1 fully saturated rings. The number of hydrogen-bond acceptors (Lipinski definition) is 5. The molecule has 8 nitrogen and oxygen atoms in total. The molecular weight excluding hydrogens is 404 g/mol. The largest absolute Gasteiger partial charge is 0.339 e. The maximum atomic E-state index is 13.1. The van der Waals surface area contributed by atoms with E-state index in [1.165, 1.54) is 23.8 Å². The number of fused-ring (bicyclic) bond motifs is 1. The van der Waals surface area contributed by atoms with Gasteiger partial charge >= 0.3 is 6.03 Å². The number of hydrogen-bond donors (Lipinski definition) is 2. The fourth-order valence-corrected chi connectivity index (χ4v) is 4.54. The van der Waals surface area contributed by atoms with Crippen LogP contribution in [0.15, 0.2) is 30.6 Å². The minimum atomic E-state index is -0.311. The van der Waals surface area contributed by atoms with Crippen LogP contribution in [0.1, 0.15) is 61.4 Å². The average molecular weight is 437 g/mol. The van der Waals surface area contributed by atoms with Gasteiger partial charge in [-0.05, 0) is 50.3 Å². The number of likely N-dealkylation sites (tertiary alicyclic amines) is 1. The van der Waals surface area contributed by atoms with Gasteiger partial charge in [0.2, 0.25) is 0 Å². The number of anilines is 2. The summed E-state index contributed by atoms with van der Waals surface area (Å²) in [6.45, 7) is 4.78. The second-order valence-corrected chi connectivity index (χ2v) is 8.50. The van der Waals surface area contributed by atoms with Crippen LogP contribution >= 0.6 is 0 Å². The summed E-state index contributed by atoms with van der Waals surface area (Å²) in [5.41, 5.74) is 2.66. The number of amides is 2. The van der Waals surface area contributed by atoms with E-state index in [1.807, 2.05) is 24.0 Å². The van der Waals surface area contributed by atoms with Crippen molar-refractivity contribution in [2.24, 2.45) is 0 Å². The van der Waals surface area contributed by atoms with Crippen LogP contribution in [-0.4, -0.2) is 52.6 Å². The van der Waals surface area contributed by atoms with Crippen molar-refractivity contribution in [1.29, 1.82) is 5.41 Å². The molecule has 2 aliphatic heterocycles. The van der Waals surface area contributed by atoms with Crippen LogP contribution in [0, 0.1) is 5.41 Å². The summed E-state index contributed by atoms with van der Waals surface area (Å²) in [4.78, 5) is 33.9. The van der Waals surface area contributed by atoms with Crippen molar-refractivity contribution in [3.63, 3.8) is 0 Å². The molecule has 2 amide bonds. The highest BCUT2D eigenvalue weighted by Gasteiger charge is 2.24. The number of aromatic nitrogens is 2. The molecule has 0 spiro atoms. The van der Waals surface area contributed by atoms with Crippen LogP contribution < -0.4 is 15.7 Å². The smallest absolute Gasteiger partial charge is 0.327 e. The summed E-state index contributed by atoms with van der Waals surface area (Å²) in [7, 11) is 0. The predicted molar refractivity (Wildman–Crippen MR) is 123 cm³/mol. The number of carbonyl (C=O) groups excluding carboxylic acids is 2. The van der Waals surface area contributed by atoms with Gasteiger partial charge in [0.1, 0.15) is 11.3 Å². The molecule has 0 aromatic carbocycles. The van der Waals surface area contributed by atoms with Crippen molar-refractivity contribution in [3.05, 3.63) is 47.2 Å². The fourth-order valence-electron chi connectivity index (χ4n) is 4.54. The van der Waals surface area contributed by atoms with Crippen LogP contribution in [0.5, 0.6) is 0 Å². The molecule has 8 heteroatoms. The van der Waals surface area contributed by atoms with Crippen LogP contribution in [0.25, 0.3) is 0 Å². The van der Waals surface area contributed by atoms with E-state index in [1.54, 1.807) is 18.5 Å². The lowest BCUT2D eigenvalue weighted by molar-refractivity contribution is 0.0742. The molecule has 4 rings (SSSR count). The predicted octanol–water partition coefficient (Wildman–Crippen LogP) is 3.43. The summed E-state index contributed by atoms with van der Waals surface area (Å²) in [6, 6.07) is 5.21. The molecule has 170 valence electrons. The van der Waals surface area contributed by atoms with Gasteiger partial charge in [0.05, 0.1) is 5.56 Å². The van der Waals surface area contributed by atoms with Gasteiger partial charge in [0.15, 0.2) is 0 Å². The molecule has 1 saturated heterocycles. The zero-order valence-electron chi connectivity index (χ0n) is 18.8. The lowest BCUT2D eigenvalue weighted by atomic mass is 10.0. The standard InChI is InChI=1S/C24H32N6O2/c1-2-26-24(32)30-14-10-20(16-21(30)25)29-13-8-9-18-15-19(17-27-22(18)29)23(31)28-11-6-4-3-5-7-12-28/h10,14-17,25H,2-9,11-13H2,1H3,(H,26,32). The van der Waals surface area contributed by atoms with E-state index in [0.29, 0.717) is 12.1 Å². The Morgan fingerprint density at radius 2 is 1.81 bits per heavy atom. The van der Waals surface area contributed by atoms with Crippen molar-refractivity contribution < 1.29 is 9.59 Å². The van der Waals surface area contributed by atoms with E-state index in [2.05, 4.69) is 15.2 Å². The number of pyridine rings is 2. The first-order valence-electron chi connectivity index (χ1n) is 11.7. The van der Waals surface area contributed by atoms with E-state index < -0.39 is 0 Å². The van der Waals surface area contributed by atoms with Gasteiger partial charge in [-0.2, -0.15) is 0 Å². The first-order chi connectivity index (χ1) is 15.6. The molecule has 0 saturated carbocycles. The molecule has 2 aliphatic rings. The van der Waals surface area contributed by atoms with Gasteiger partial charge in [-0.25, -0.2) is 9.78 Å². The van der Waals surface area contributed by atoms with E-state index in [0.717, 1.165) is 62.4 Å². The molecule has 32 heavy (non-hydrogen) atoms. The Balaban J connectivity index is 1.57. The quantitative estimate of drug-likeness (QED) is 0.771. The molecule has 4 heterocycles. The monoisotopic (exact) mass is 436 g/mol. The molecule has 0 aliphatic carbocycles. The highest BCUT2D eigenvalue weighted by atomic mass is 16.2. The van der Waals surface area contributed by atoms with Gasteiger partial charge < -0.3 is 15.1 Å². The fraction of sp³-hybridized carbons (Fsp3) is 0.500. The number of carbonyl (C=O) groups is 2. The second-order valence-electron chi connectivity index (χ2n) is 8.50. The van der Waals surface area contributed by atoms with Crippen LogP contribution in [0.2, 0.25) is 0 Å². The minimum absolute atomic E-state index is 0.0791. The summed E-state index contributed by atoms with van der Waals surface area (Å²) in [6.07, 6.45) is 10.9. The lowest BCUT2D eigenvalue weighted by Crippen LogP contribution is -2.36. The minimum Gasteiger partial charge on any atom is -0.339 e. The Kier molecular flexibility index (Phi) is 6.87. The lowest BCUT2D eigenvalue weighted by Gasteiger charge is -2.31. The second kappa shape index (κ2) is 9.97. The normalized spacial score (nSPS) is 16.7. The molecule has 0 atom stereocenters. The van der Waals surface area contributed by atoms with Crippen LogP contribution in [0.3, 0.4) is 0 Å². The number of rotatable bonds is 3. The Morgan fingerprint density at radius 3 is 2.53 bits per heavy atom. The van der Waals surface area contributed by atoms with Crippen molar-refractivity contribution in [1.82, 2.24) is 19.8 Å². The van der Waals surface area contributed by atoms with Crippen LogP contribution in [0.4, 0.5) is 16.3 Å². The summed E-state index contributed by atoms with van der Waals surface area (Å²) < 4.78 is 1.29. The molecule has 2 aromatic heterocycles. The van der Waals surface area contributed by atoms with Crippen molar-refractivity contribution in [3.8, 4) is 0 Å². The highest BCUT2D eigenvalue weighted by molar-refractivity contribution is 5.94. The SMILES string of the molecule is CCNC(=O)n1ccc(N2CCCc3cc(C(=O)N4CCCCCCC4)cnc32)cc1=N. The summed E-state index contributed by atoms with van der Waals surface area (Å²) >= 11 is 0. The third-order valence-electron chi connectivity index (χ3n) is 6.21. The Bertz CT molecular complexity index is 1040. The topological polar surface area (TPSA) is 94.3 Å². The van der Waals surface area contributed by atoms with Gasteiger partial charge in [-0.15, -0.1) is 0 Å². The maximum Gasteiger partial charge on any atom is 0.327 e. The van der Waals surface area contributed by atoms with Gasteiger partial charge in [0.25, 0.3) is 5.91 Å². The van der Waals surface area contributed by atoms with E-state index in [9.17, 15) is 9.59 Å². The molecule has 0 unspecified atom stereocenters. The van der Waals surface area contributed by atoms with Gasteiger partial charge in [0, 0.05) is 50.3 Å². The van der Waals surface area contributed by atoms with Crippen molar-refractivity contribution >= 4 is 23.4 Å². The molecule has 0 radical (unpaired) electrons. The zero-order valence-corrected chi connectivity index (χ0v) is 18.8. The third kappa shape index (κ3) is 4.69. The van der Waals surface area contributed by atoms with E-state index in [4.69, 9.17) is 5.41 Å². The summed E-state index contributed by atoms with van der Waals surface area (Å²) in [5.74, 6) is 0.908.